The van der Waals surface area contributed by atoms with E-state index in [2.05, 4.69) is 19.2 Å². The lowest BCUT2D eigenvalue weighted by molar-refractivity contribution is 0.102. The van der Waals surface area contributed by atoms with E-state index >= 15 is 0 Å². The topological polar surface area (TPSA) is 99.8 Å². The van der Waals surface area contributed by atoms with Gasteiger partial charge in [-0.15, -0.1) is 0 Å². The Morgan fingerprint density at radius 3 is 2.65 bits per heavy atom. The van der Waals surface area contributed by atoms with Crippen LogP contribution >= 0.6 is 0 Å². The van der Waals surface area contributed by atoms with Gasteiger partial charge in [-0.25, -0.2) is 4.79 Å². The molecule has 0 spiro atoms. The summed E-state index contributed by atoms with van der Waals surface area (Å²) in [5, 5.41) is 22.4. The third-order valence-corrected chi connectivity index (χ3v) is 3.94. The predicted octanol–water partition coefficient (Wildman–Crippen LogP) is 3.66. The van der Waals surface area contributed by atoms with Crippen molar-refractivity contribution in [2.75, 3.05) is 5.32 Å². The first-order valence-corrected chi connectivity index (χ1v) is 8.24. The third kappa shape index (κ3) is 3.54. The highest BCUT2D eigenvalue weighted by atomic mass is 16.4. The van der Waals surface area contributed by atoms with Crippen LogP contribution in [0.4, 0.5) is 5.69 Å². The summed E-state index contributed by atoms with van der Waals surface area (Å²) < 4.78 is 5.08. The molecule has 26 heavy (non-hydrogen) atoms. The molecule has 134 valence electrons. The van der Waals surface area contributed by atoms with Crippen LogP contribution in [0.25, 0.3) is 11.0 Å². The van der Waals surface area contributed by atoms with Crippen LogP contribution < -0.4 is 10.9 Å². The van der Waals surface area contributed by atoms with Crippen molar-refractivity contribution in [1.29, 1.82) is 0 Å². The van der Waals surface area contributed by atoms with Crippen LogP contribution in [0.1, 0.15) is 29.8 Å². The van der Waals surface area contributed by atoms with E-state index in [4.69, 9.17) is 4.42 Å². The summed E-state index contributed by atoms with van der Waals surface area (Å²) in [6.07, 6.45) is 0.827. The number of benzene rings is 2. The number of phenolic OH excluding ortho intramolecular Hbond substituents is 1. The van der Waals surface area contributed by atoms with Crippen LogP contribution in [-0.4, -0.2) is 16.1 Å². The van der Waals surface area contributed by atoms with Gasteiger partial charge >= 0.3 is 5.63 Å². The number of hydrogen-bond donors (Lipinski definition) is 3. The second-order valence-corrected chi connectivity index (χ2v) is 6.55. The molecule has 0 fully saturated rings. The highest BCUT2D eigenvalue weighted by Gasteiger charge is 2.18. The van der Waals surface area contributed by atoms with Gasteiger partial charge in [0.1, 0.15) is 11.3 Å². The molecule has 3 N–H and O–H groups in total. The summed E-state index contributed by atoms with van der Waals surface area (Å²) >= 11 is 0. The van der Waals surface area contributed by atoms with Crippen LogP contribution in [0, 0.1) is 5.92 Å². The number of hydrogen-bond acceptors (Lipinski definition) is 5. The Morgan fingerprint density at radius 2 is 1.92 bits per heavy atom. The molecular formula is C20H19NO5. The summed E-state index contributed by atoms with van der Waals surface area (Å²) in [4.78, 5) is 24.6. The van der Waals surface area contributed by atoms with Crippen LogP contribution in [0.3, 0.4) is 0 Å². The first kappa shape index (κ1) is 17.5. The van der Waals surface area contributed by atoms with Crippen molar-refractivity contribution in [1.82, 2.24) is 0 Å². The maximum atomic E-state index is 12.5. The number of aromatic hydroxyl groups is 2. The second kappa shape index (κ2) is 6.92. The molecule has 0 radical (unpaired) electrons. The Bertz CT molecular complexity index is 1040. The average Bonchev–Trinajstić information content (AvgIpc) is 2.57. The van der Waals surface area contributed by atoms with E-state index in [0.717, 1.165) is 12.0 Å². The lowest BCUT2D eigenvalue weighted by Gasteiger charge is -2.10. The molecule has 0 aliphatic heterocycles. The standard InChI is InChI=1S/C20H19NO5/c1-11(2)8-12-4-3-5-13(9-12)19(24)21-17-18(23)15-7-6-14(22)10-16(15)26-20(17)25/h3-7,9-11,22-23H,8H2,1-2H3,(H,21,24). The molecule has 0 atom stereocenters. The number of rotatable bonds is 4. The van der Waals surface area contributed by atoms with Gasteiger partial charge in [-0.2, -0.15) is 0 Å². The van der Waals surface area contributed by atoms with Crippen LogP contribution in [0.15, 0.2) is 51.7 Å². The van der Waals surface area contributed by atoms with Crippen molar-refractivity contribution in [3.05, 3.63) is 64.0 Å². The van der Waals surface area contributed by atoms with Gasteiger partial charge in [0, 0.05) is 11.6 Å². The van der Waals surface area contributed by atoms with E-state index in [0.29, 0.717) is 11.5 Å². The fourth-order valence-electron chi connectivity index (χ4n) is 2.78. The lowest BCUT2D eigenvalue weighted by Crippen LogP contribution is -2.18. The van der Waals surface area contributed by atoms with Crippen LogP contribution in [-0.2, 0) is 6.42 Å². The molecule has 0 saturated heterocycles. The largest absolute Gasteiger partial charge is 0.508 e. The number of phenols is 1. The second-order valence-electron chi connectivity index (χ2n) is 6.55. The van der Waals surface area contributed by atoms with Crippen LogP contribution in [0.5, 0.6) is 11.5 Å². The highest BCUT2D eigenvalue weighted by Crippen LogP contribution is 2.31. The minimum Gasteiger partial charge on any atom is -0.508 e. The summed E-state index contributed by atoms with van der Waals surface area (Å²) in [5.74, 6) is -0.570. The Balaban J connectivity index is 1.95. The fourth-order valence-corrected chi connectivity index (χ4v) is 2.78. The van der Waals surface area contributed by atoms with Gasteiger partial charge in [0.05, 0.1) is 5.39 Å². The molecule has 1 heterocycles. The van der Waals surface area contributed by atoms with Gasteiger partial charge in [-0.3, -0.25) is 4.79 Å². The molecule has 1 aromatic heterocycles. The fraction of sp³-hybridized carbons (Fsp3) is 0.200. The third-order valence-electron chi connectivity index (χ3n) is 3.94. The molecule has 6 nitrogen and oxygen atoms in total. The van der Waals surface area contributed by atoms with Crippen molar-refractivity contribution in [2.45, 2.75) is 20.3 Å². The number of amides is 1. The quantitative estimate of drug-likeness (QED) is 0.622. The van der Waals surface area contributed by atoms with Gasteiger partial charge in [0.25, 0.3) is 5.91 Å². The van der Waals surface area contributed by atoms with E-state index in [1.165, 1.54) is 18.2 Å². The monoisotopic (exact) mass is 353 g/mol. The van der Waals surface area contributed by atoms with Crippen molar-refractivity contribution in [3.63, 3.8) is 0 Å². The SMILES string of the molecule is CC(C)Cc1cccc(C(=O)Nc2c(O)c3ccc(O)cc3oc2=O)c1. The Kier molecular flexibility index (Phi) is 4.67. The van der Waals surface area contributed by atoms with Gasteiger partial charge in [-0.05, 0) is 42.2 Å². The Hall–Kier alpha value is -3.28. The molecule has 3 aromatic rings. The Labute approximate surface area is 149 Å². The maximum Gasteiger partial charge on any atom is 0.364 e. The number of anilines is 1. The number of carbonyl (C=O) groups is 1. The molecular weight excluding hydrogens is 334 g/mol. The first-order chi connectivity index (χ1) is 12.3. The minimum absolute atomic E-state index is 0.0319. The Morgan fingerprint density at radius 1 is 1.15 bits per heavy atom. The smallest absolute Gasteiger partial charge is 0.364 e. The minimum atomic E-state index is -0.896. The van der Waals surface area contributed by atoms with E-state index < -0.39 is 17.3 Å². The number of nitrogens with one attached hydrogen (secondary N) is 1. The molecule has 1 amide bonds. The van der Waals surface area contributed by atoms with Crippen molar-refractivity contribution in [2.24, 2.45) is 5.92 Å². The molecule has 0 aliphatic carbocycles. The predicted molar refractivity (Wildman–Crippen MR) is 98.8 cm³/mol. The summed E-state index contributed by atoms with van der Waals surface area (Å²) in [6, 6.07) is 11.1. The van der Waals surface area contributed by atoms with E-state index in [1.807, 2.05) is 6.07 Å². The van der Waals surface area contributed by atoms with Crippen molar-refractivity contribution < 1.29 is 19.4 Å². The summed E-state index contributed by atoms with van der Waals surface area (Å²) in [7, 11) is 0. The molecule has 6 heteroatoms. The maximum absolute atomic E-state index is 12.5. The number of fused-ring (bicyclic) bond motifs is 1. The van der Waals surface area contributed by atoms with E-state index in [1.54, 1.807) is 18.2 Å². The molecule has 0 bridgehead atoms. The average molecular weight is 353 g/mol. The van der Waals surface area contributed by atoms with E-state index in [9.17, 15) is 19.8 Å². The van der Waals surface area contributed by atoms with Crippen molar-refractivity contribution >= 4 is 22.6 Å². The van der Waals surface area contributed by atoms with Crippen molar-refractivity contribution in [3.8, 4) is 11.5 Å². The summed E-state index contributed by atoms with van der Waals surface area (Å²) in [6.45, 7) is 4.17. The highest BCUT2D eigenvalue weighted by molar-refractivity contribution is 6.06. The van der Waals surface area contributed by atoms with Gasteiger partial charge in [0.15, 0.2) is 11.4 Å². The normalized spacial score (nSPS) is 11.0. The number of carbonyl (C=O) groups excluding carboxylic acids is 1. The zero-order valence-corrected chi connectivity index (χ0v) is 14.4. The van der Waals surface area contributed by atoms with Crippen LogP contribution in [0.2, 0.25) is 0 Å². The van der Waals surface area contributed by atoms with Gasteiger partial charge in [-0.1, -0.05) is 26.0 Å². The van der Waals surface area contributed by atoms with E-state index in [-0.39, 0.29) is 22.4 Å². The lowest BCUT2D eigenvalue weighted by atomic mass is 10.0. The molecule has 0 aliphatic rings. The van der Waals surface area contributed by atoms with Gasteiger partial charge < -0.3 is 19.9 Å². The molecule has 3 rings (SSSR count). The first-order valence-electron chi connectivity index (χ1n) is 8.24. The van der Waals surface area contributed by atoms with Gasteiger partial charge in [0.2, 0.25) is 0 Å². The summed E-state index contributed by atoms with van der Waals surface area (Å²) in [5.41, 5.74) is 0.199. The molecule has 0 saturated carbocycles. The molecule has 2 aromatic carbocycles. The molecule has 0 unspecified atom stereocenters. The zero-order chi connectivity index (χ0) is 18.8. The zero-order valence-electron chi connectivity index (χ0n) is 14.4.